The van der Waals surface area contributed by atoms with Gasteiger partial charge in [-0.1, -0.05) is 23.4 Å². The van der Waals surface area contributed by atoms with Gasteiger partial charge in [-0.05, 0) is 18.6 Å². The van der Waals surface area contributed by atoms with E-state index in [0.29, 0.717) is 24.8 Å². The van der Waals surface area contributed by atoms with Crippen molar-refractivity contribution in [2.24, 2.45) is 0 Å². The minimum Gasteiger partial charge on any atom is -0.392 e. The van der Waals surface area contributed by atoms with E-state index < -0.39 is 0 Å². The third kappa shape index (κ3) is 2.42. The van der Waals surface area contributed by atoms with Gasteiger partial charge in [0.2, 0.25) is 0 Å². The first-order valence-electron chi connectivity index (χ1n) is 6.10. The number of nitrogens with zero attached hydrogens (tertiary/aromatic N) is 3. The third-order valence-electron chi connectivity index (χ3n) is 3.10. The predicted molar refractivity (Wildman–Crippen MR) is 65.6 cm³/mol. The highest BCUT2D eigenvalue weighted by Gasteiger charge is 2.21. The van der Waals surface area contributed by atoms with Crippen molar-refractivity contribution < 1.29 is 9.63 Å². The molecule has 2 heterocycles. The van der Waals surface area contributed by atoms with E-state index in [1.54, 1.807) is 0 Å². The zero-order valence-corrected chi connectivity index (χ0v) is 9.99. The highest BCUT2D eigenvalue weighted by atomic mass is 16.5. The van der Waals surface area contributed by atoms with Crippen LogP contribution in [0.3, 0.4) is 0 Å². The monoisotopic (exact) mass is 245 g/mol. The van der Waals surface area contributed by atoms with Crippen LogP contribution in [-0.4, -0.2) is 39.3 Å². The molecule has 1 fully saturated rings. The second-order valence-corrected chi connectivity index (χ2v) is 4.56. The van der Waals surface area contributed by atoms with Crippen molar-refractivity contribution in [1.82, 2.24) is 15.0 Å². The van der Waals surface area contributed by atoms with Crippen molar-refractivity contribution in [1.29, 1.82) is 0 Å². The van der Waals surface area contributed by atoms with E-state index in [9.17, 15) is 5.11 Å². The average Bonchev–Trinajstić information content (AvgIpc) is 3.01. The second kappa shape index (κ2) is 4.88. The molecule has 1 aromatic carbocycles. The number of benzene rings is 1. The molecule has 0 amide bonds. The highest BCUT2D eigenvalue weighted by molar-refractivity contribution is 5.51. The van der Waals surface area contributed by atoms with Crippen LogP contribution in [0.4, 0.5) is 0 Å². The van der Waals surface area contributed by atoms with Crippen LogP contribution in [0.2, 0.25) is 0 Å². The maximum Gasteiger partial charge on any atom is 0.257 e. The van der Waals surface area contributed by atoms with Crippen LogP contribution in [0, 0.1) is 0 Å². The summed E-state index contributed by atoms with van der Waals surface area (Å²) in [5.41, 5.74) is 0.928. The lowest BCUT2D eigenvalue weighted by Crippen LogP contribution is -2.22. The largest absolute Gasteiger partial charge is 0.392 e. The first-order valence-corrected chi connectivity index (χ1v) is 6.10. The fourth-order valence-electron chi connectivity index (χ4n) is 2.17. The molecule has 1 aliphatic rings. The maximum atomic E-state index is 9.45. The maximum absolute atomic E-state index is 9.45. The molecule has 3 rings (SSSR count). The fourth-order valence-corrected chi connectivity index (χ4v) is 2.17. The molecule has 0 aliphatic carbocycles. The van der Waals surface area contributed by atoms with Crippen molar-refractivity contribution in [3.8, 4) is 11.5 Å². The minimum absolute atomic E-state index is 0.217. The standard InChI is InChI=1S/C13H15N3O2/c17-11-6-7-16(8-11)9-12-14-13(18-15-12)10-4-2-1-3-5-10/h1-5,11,17H,6-9H2/t11-/m1/s1. The number of rotatable bonds is 3. The first kappa shape index (κ1) is 11.4. The van der Waals surface area contributed by atoms with Gasteiger partial charge in [-0.25, -0.2) is 0 Å². The molecule has 0 spiro atoms. The summed E-state index contributed by atoms with van der Waals surface area (Å²) in [5.74, 6) is 1.22. The Bertz CT molecular complexity index is 512. The van der Waals surface area contributed by atoms with E-state index in [1.165, 1.54) is 0 Å². The molecule has 1 atom stereocenters. The van der Waals surface area contributed by atoms with Crippen LogP contribution in [-0.2, 0) is 6.54 Å². The van der Waals surface area contributed by atoms with Crippen LogP contribution in [0.25, 0.3) is 11.5 Å². The van der Waals surface area contributed by atoms with Crippen molar-refractivity contribution in [3.63, 3.8) is 0 Å². The van der Waals surface area contributed by atoms with E-state index in [1.807, 2.05) is 30.3 Å². The van der Waals surface area contributed by atoms with Gasteiger partial charge < -0.3 is 9.63 Å². The van der Waals surface area contributed by atoms with Crippen LogP contribution >= 0.6 is 0 Å². The Morgan fingerprint density at radius 3 is 2.89 bits per heavy atom. The van der Waals surface area contributed by atoms with Gasteiger partial charge in [-0.2, -0.15) is 4.98 Å². The van der Waals surface area contributed by atoms with Crippen molar-refractivity contribution >= 4 is 0 Å². The van der Waals surface area contributed by atoms with Gasteiger partial charge in [0.1, 0.15) is 0 Å². The SMILES string of the molecule is O[C@@H]1CCN(Cc2noc(-c3ccccc3)n2)C1. The number of aromatic nitrogens is 2. The number of β-amino-alcohol motifs (C(OH)–C–C–N with tert-alkyl or cyclic N) is 1. The molecule has 18 heavy (non-hydrogen) atoms. The van der Waals surface area contributed by atoms with E-state index >= 15 is 0 Å². The molecule has 0 radical (unpaired) electrons. The molecule has 0 unspecified atom stereocenters. The number of likely N-dealkylation sites (tertiary alicyclic amines) is 1. The van der Waals surface area contributed by atoms with Crippen molar-refractivity contribution in [3.05, 3.63) is 36.2 Å². The van der Waals surface area contributed by atoms with E-state index in [2.05, 4.69) is 15.0 Å². The summed E-state index contributed by atoms with van der Waals surface area (Å²) in [7, 11) is 0. The summed E-state index contributed by atoms with van der Waals surface area (Å²) in [6.07, 6.45) is 0.606. The van der Waals surface area contributed by atoms with Crippen LogP contribution in [0.1, 0.15) is 12.2 Å². The van der Waals surface area contributed by atoms with Gasteiger partial charge in [-0.15, -0.1) is 0 Å². The summed E-state index contributed by atoms with van der Waals surface area (Å²) in [6, 6.07) is 9.71. The molecular formula is C13H15N3O2. The molecule has 94 valence electrons. The lowest BCUT2D eigenvalue weighted by molar-refractivity contribution is 0.173. The Balaban J connectivity index is 1.70. The molecule has 5 heteroatoms. The topological polar surface area (TPSA) is 62.4 Å². The molecule has 1 N–H and O–H groups in total. The van der Waals surface area contributed by atoms with Crippen LogP contribution in [0.5, 0.6) is 0 Å². The number of hydrogen-bond acceptors (Lipinski definition) is 5. The fraction of sp³-hybridized carbons (Fsp3) is 0.385. The van der Waals surface area contributed by atoms with E-state index in [0.717, 1.165) is 18.5 Å². The molecule has 5 nitrogen and oxygen atoms in total. The molecule has 2 aromatic rings. The Hall–Kier alpha value is -1.72. The predicted octanol–water partition coefficient (Wildman–Crippen LogP) is 1.30. The summed E-state index contributed by atoms with van der Waals surface area (Å²) >= 11 is 0. The summed E-state index contributed by atoms with van der Waals surface area (Å²) in [5, 5.41) is 13.4. The number of aliphatic hydroxyl groups excluding tert-OH is 1. The Kier molecular flexibility index (Phi) is 3.08. The zero-order chi connectivity index (χ0) is 12.4. The third-order valence-corrected chi connectivity index (χ3v) is 3.10. The Labute approximate surface area is 105 Å². The van der Waals surface area contributed by atoms with Crippen molar-refractivity contribution in [2.75, 3.05) is 13.1 Å². The van der Waals surface area contributed by atoms with Gasteiger partial charge in [-0.3, -0.25) is 4.90 Å². The molecule has 1 aliphatic heterocycles. The van der Waals surface area contributed by atoms with Gasteiger partial charge in [0.05, 0.1) is 12.6 Å². The van der Waals surface area contributed by atoms with Crippen LogP contribution < -0.4 is 0 Å². The number of hydrogen-bond donors (Lipinski definition) is 1. The lowest BCUT2D eigenvalue weighted by Gasteiger charge is -2.10. The molecule has 0 bridgehead atoms. The lowest BCUT2D eigenvalue weighted by atomic mass is 10.2. The quantitative estimate of drug-likeness (QED) is 0.883. The van der Waals surface area contributed by atoms with Gasteiger partial charge in [0.15, 0.2) is 5.82 Å². The van der Waals surface area contributed by atoms with Gasteiger partial charge >= 0.3 is 0 Å². The first-order chi connectivity index (χ1) is 8.81. The number of aliphatic hydroxyl groups is 1. The Morgan fingerprint density at radius 2 is 2.17 bits per heavy atom. The smallest absolute Gasteiger partial charge is 0.257 e. The zero-order valence-electron chi connectivity index (χ0n) is 9.99. The molecule has 1 aromatic heterocycles. The summed E-state index contributed by atoms with van der Waals surface area (Å²) < 4.78 is 5.24. The van der Waals surface area contributed by atoms with Crippen LogP contribution in [0.15, 0.2) is 34.9 Å². The van der Waals surface area contributed by atoms with E-state index in [4.69, 9.17) is 4.52 Å². The molecular weight excluding hydrogens is 230 g/mol. The Morgan fingerprint density at radius 1 is 1.33 bits per heavy atom. The van der Waals surface area contributed by atoms with E-state index in [-0.39, 0.29) is 6.10 Å². The van der Waals surface area contributed by atoms with Crippen molar-refractivity contribution in [2.45, 2.75) is 19.1 Å². The minimum atomic E-state index is -0.217. The second-order valence-electron chi connectivity index (χ2n) is 4.56. The van der Waals surface area contributed by atoms with Gasteiger partial charge in [0, 0.05) is 18.7 Å². The average molecular weight is 245 g/mol. The molecule has 1 saturated heterocycles. The summed E-state index contributed by atoms with van der Waals surface area (Å²) in [4.78, 5) is 6.50. The molecule has 0 saturated carbocycles. The highest BCUT2D eigenvalue weighted by Crippen LogP contribution is 2.17. The normalized spacial score (nSPS) is 20.4. The summed E-state index contributed by atoms with van der Waals surface area (Å²) in [6.45, 7) is 2.21. The van der Waals surface area contributed by atoms with Gasteiger partial charge in [0.25, 0.3) is 5.89 Å².